The summed E-state index contributed by atoms with van der Waals surface area (Å²) in [5.74, 6) is 0.674. The normalized spacial score (nSPS) is 13.5. The van der Waals surface area contributed by atoms with E-state index in [-0.39, 0.29) is 5.78 Å². The van der Waals surface area contributed by atoms with Gasteiger partial charge in [-0.25, -0.2) is 0 Å². The second-order valence-electron chi connectivity index (χ2n) is 5.05. The number of benzene rings is 1. The predicted molar refractivity (Wildman–Crippen MR) is 82.8 cm³/mol. The summed E-state index contributed by atoms with van der Waals surface area (Å²) in [5, 5.41) is 5.29. The van der Waals surface area contributed by atoms with Gasteiger partial charge in [0, 0.05) is 17.8 Å². The molecule has 108 valence electrons. The van der Waals surface area contributed by atoms with E-state index >= 15 is 0 Å². The summed E-state index contributed by atoms with van der Waals surface area (Å²) >= 11 is 0. The van der Waals surface area contributed by atoms with E-state index in [1.165, 1.54) is 0 Å². The minimum Gasteiger partial charge on any atom is -0.489 e. The maximum absolute atomic E-state index is 12.5. The maximum atomic E-state index is 12.5. The molecule has 0 saturated carbocycles. The van der Waals surface area contributed by atoms with E-state index in [2.05, 4.69) is 10.1 Å². The Balaban J connectivity index is 1.74. The molecule has 5 nitrogen and oxygen atoms in total. The van der Waals surface area contributed by atoms with E-state index in [0.29, 0.717) is 18.8 Å². The fourth-order valence-corrected chi connectivity index (χ4v) is 2.63. The number of nitrogens with zero attached hydrogens (tertiary/aromatic N) is 3. The summed E-state index contributed by atoms with van der Waals surface area (Å²) in [6.07, 6.45) is 6.71. The monoisotopic (exact) mass is 291 g/mol. The smallest absolute Gasteiger partial charge is 0.206 e. The third-order valence-corrected chi connectivity index (χ3v) is 3.66. The van der Waals surface area contributed by atoms with Gasteiger partial charge in [-0.1, -0.05) is 18.2 Å². The van der Waals surface area contributed by atoms with E-state index in [9.17, 15) is 4.79 Å². The van der Waals surface area contributed by atoms with Crippen molar-refractivity contribution in [1.82, 2.24) is 14.8 Å². The Bertz CT molecular complexity index is 882. The molecule has 0 unspecified atom stereocenters. The summed E-state index contributed by atoms with van der Waals surface area (Å²) in [6.45, 7) is 1.24. The van der Waals surface area contributed by atoms with Gasteiger partial charge in [-0.15, -0.1) is 0 Å². The van der Waals surface area contributed by atoms with Gasteiger partial charge in [0.1, 0.15) is 23.6 Å². The van der Waals surface area contributed by atoms with E-state index in [1.807, 2.05) is 35.0 Å². The summed E-state index contributed by atoms with van der Waals surface area (Å²) in [5.41, 5.74) is 2.29. The maximum Gasteiger partial charge on any atom is 0.206 e. The lowest BCUT2D eigenvalue weighted by Crippen LogP contribution is -2.15. The van der Waals surface area contributed by atoms with Crippen LogP contribution >= 0.6 is 0 Å². The zero-order chi connectivity index (χ0) is 14.9. The van der Waals surface area contributed by atoms with Gasteiger partial charge in [-0.3, -0.25) is 14.5 Å². The first-order valence-electron chi connectivity index (χ1n) is 7.08. The number of carbonyl (C=O) groups excluding carboxylic acids is 1. The van der Waals surface area contributed by atoms with Crippen LogP contribution in [0.3, 0.4) is 0 Å². The van der Waals surface area contributed by atoms with Gasteiger partial charge in [-0.05, 0) is 29.8 Å². The summed E-state index contributed by atoms with van der Waals surface area (Å²) in [7, 11) is 0. The molecule has 0 atom stereocenters. The summed E-state index contributed by atoms with van der Waals surface area (Å²) in [4.78, 5) is 16.4. The molecule has 1 aromatic carbocycles. The zero-order valence-corrected chi connectivity index (χ0v) is 11.8. The van der Waals surface area contributed by atoms with Gasteiger partial charge in [0.25, 0.3) is 0 Å². The summed E-state index contributed by atoms with van der Waals surface area (Å²) in [6, 6.07) is 9.39. The second kappa shape index (κ2) is 5.11. The van der Waals surface area contributed by atoms with Gasteiger partial charge in [0.15, 0.2) is 0 Å². The number of ether oxygens (including phenoxy) is 1. The molecule has 0 fully saturated rings. The lowest BCUT2D eigenvalue weighted by molar-refractivity contribution is 0.104. The first-order valence-corrected chi connectivity index (χ1v) is 7.08. The minimum absolute atomic E-state index is 0.111. The highest BCUT2D eigenvalue weighted by atomic mass is 16.5. The van der Waals surface area contributed by atoms with E-state index in [1.54, 1.807) is 24.5 Å². The number of pyridine rings is 1. The van der Waals surface area contributed by atoms with Crippen LogP contribution < -0.4 is 4.74 Å². The number of carbonyl (C=O) groups is 1. The molecule has 0 spiro atoms. The first kappa shape index (κ1) is 12.8. The number of allylic oxidation sites excluding steroid dienone is 1. The number of hydrogen-bond donors (Lipinski definition) is 0. The van der Waals surface area contributed by atoms with Crippen LogP contribution in [0.4, 0.5) is 0 Å². The highest BCUT2D eigenvalue weighted by molar-refractivity contribution is 6.13. The van der Waals surface area contributed by atoms with Crippen LogP contribution in [0.5, 0.6) is 5.75 Å². The van der Waals surface area contributed by atoms with Crippen LogP contribution in [-0.2, 0) is 6.54 Å². The minimum atomic E-state index is -0.111. The lowest BCUT2D eigenvalue weighted by atomic mass is 10.1. The third kappa shape index (κ3) is 2.07. The predicted octanol–water partition coefficient (Wildman–Crippen LogP) is 2.72. The molecular formula is C17H13N3O2. The number of para-hydroxylation sites is 1. The SMILES string of the molecule is O=C(/C=C/c1ccncc1)c1nn2c3c(cccc13)OCC2. The standard InChI is InChI=1S/C17H13N3O2/c21-14(5-4-12-6-8-18-9-7-12)16-13-2-1-3-15-17(13)20(19-16)10-11-22-15/h1-9H,10-11H2/b5-4+. The molecule has 0 aliphatic carbocycles. The van der Waals surface area contributed by atoms with Crippen molar-refractivity contribution in [3.8, 4) is 5.75 Å². The van der Waals surface area contributed by atoms with Crippen molar-refractivity contribution in [2.45, 2.75) is 6.54 Å². The molecule has 1 aliphatic heterocycles. The highest BCUT2D eigenvalue weighted by Gasteiger charge is 2.20. The molecular weight excluding hydrogens is 278 g/mol. The van der Waals surface area contributed by atoms with Crippen LogP contribution in [0.2, 0.25) is 0 Å². The Morgan fingerprint density at radius 1 is 1.23 bits per heavy atom. The van der Waals surface area contributed by atoms with E-state index in [0.717, 1.165) is 22.2 Å². The van der Waals surface area contributed by atoms with Crippen molar-refractivity contribution in [1.29, 1.82) is 0 Å². The van der Waals surface area contributed by atoms with Crippen molar-refractivity contribution >= 4 is 22.8 Å². The first-order chi connectivity index (χ1) is 10.8. The fraction of sp³-hybridized carbons (Fsp3) is 0.118. The third-order valence-electron chi connectivity index (χ3n) is 3.66. The van der Waals surface area contributed by atoms with Gasteiger partial charge in [0.05, 0.1) is 6.54 Å². The van der Waals surface area contributed by atoms with Crippen molar-refractivity contribution in [3.05, 3.63) is 60.1 Å². The van der Waals surface area contributed by atoms with Gasteiger partial charge in [0.2, 0.25) is 5.78 Å². The molecule has 0 saturated heterocycles. The molecule has 0 amide bonds. The van der Waals surface area contributed by atoms with Crippen LogP contribution in [0.1, 0.15) is 16.1 Å². The molecule has 5 heteroatoms. The van der Waals surface area contributed by atoms with Gasteiger partial charge >= 0.3 is 0 Å². The zero-order valence-electron chi connectivity index (χ0n) is 11.8. The Kier molecular flexibility index (Phi) is 2.96. The average Bonchev–Trinajstić information content (AvgIpc) is 2.95. The molecule has 0 N–H and O–H groups in total. The molecule has 1 aliphatic rings. The van der Waals surface area contributed by atoms with Crippen LogP contribution in [0, 0.1) is 0 Å². The molecule has 22 heavy (non-hydrogen) atoms. The van der Waals surface area contributed by atoms with Crippen molar-refractivity contribution in [2.75, 3.05) is 6.61 Å². The Hall–Kier alpha value is -2.95. The average molecular weight is 291 g/mol. The quantitative estimate of drug-likeness (QED) is 0.550. The van der Waals surface area contributed by atoms with Crippen LogP contribution in [0.15, 0.2) is 48.8 Å². The highest BCUT2D eigenvalue weighted by Crippen LogP contribution is 2.30. The Morgan fingerprint density at radius 2 is 2.09 bits per heavy atom. The van der Waals surface area contributed by atoms with Crippen molar-refractivity contribution in [2.24, 2.45) is 0 Å². The summed E-state index contributed by atoms with van der Waals surface area (Å²) < 4.78 is 7.47. The van der Waals surface area contributed by atoms with Crippen LogP contribution in [-0.4, -0.2) is 27.2 Å². The number of rotatable bonds is 3. The molecule has 4 rings (SSSR count). The van der Waals surface area contributed by atoms with E-state index < -0.39 is 0 Å². The Morgan fingerprint density at radius 3 is 2.95 bits per heavy atom. The lowest BCUT2D eigenvalue weighted by Gasteiger charge is -2.14. The fourth-order valence-electron chi connectivity index (χ4n) is 2.63. The molecule has 3 aromatic rings. The topological polar surface area (TPSA) is 57.0 Å². The molecule has 0 bridgehead atoms. The van der Waals surface area contributed by atoms with Gasteiger partial charge < -0.3 is 4.74 Å². The Labute approximate surface area is 126 Å². The van der Waals surface area contributed by atoms with Crippen molar-refractivity contribution in [3.63, 3.8) is 0 Å². The van der Waals surface area contributed by atoms with Crippen LogP contribution in [0.25, 0.3) is 17.0 Å². The molecule has 0 radical (unpaired) electrons. The van der Waals surface area contributed by atoms with Gasteiger partial charge in [-0.2, -0.15) is 5.10 Å². The van der Waals surface area contributed by atoms with Crippen molar-refractivity contribution < 1.29 is 9.53 Å². The number of ketones is 1. The number of aromatic nitrogens is 3. The molecule has 3 heterocycles. The second-order valence-corrected chi connectivity index (χ2v) is 5.05. The largest absolute Gasteiger partial charge is 0.489 e. The molecule has 2 aromatic heterocycles. The van der Waals surface area contributed by atoms with E-state index in [4.69, 9.17) is 4.74 Å². The number of hydrogen-bond acceptors (Lipinski definition) is 4.